The molecule has 1 unspecified atom stereocenters. The van der Waals surface area contributed by atoms with Gasteiger partial charge in [-0.3, -0.25) is 4.98 Å². The number of aliphatic imine (C=N–C) groups is 2. The van der Waals surface area contributed by atoms with Crippen LogP contribution in [0.1, 0.15) is 69.5 Å². The van der Waals surface area contributed by atoms with Gasteiger partial charge in [0.15, 0.2) is 6.17 Å². The van der Waals surface area contributed by atoms with Crippen molar-refractivity contribution in [1.29, 1.82) is 0 Å². The maximum absolute atomic E-state index is 4.84. The quantitative estimate of drug-likeness (QED) is 0.548. The van der Waals surface area contributed by atoms with Crippen LogP contribution < -0.4 is 5.32 Å². The van der Waals surface area contributed by atoms with Gasteiger partial charge in [-0.15, -0.1) is 0 Å². The number of amidine groups is 2. The van der Waals surface area contributed by atoms with Crippen molar-refractivity contribution in [2.75, 3.05) is 0 Å². The van der Waals surface area contributed by atoms with E-state index in [1.165, 1.54) is 23.1 Å². The summed E-state index contributed by atoms with van der Waals surface area (Å²) >= 11 is 0. The van der Waals surface area contributed by atoms with Crippen LogP contribution in [0.5, 0.6) is 0 Å². The summed E-state index contributed by atoms with van der Waals surface area (Å²) in [7, 11) is 0. The maximum atomic E-state index is 4.84. The van der Waals surface area contributed by atoms with Gasteiger partial charge in [0.1, 0.15) is 11.7 Å². The predicted octanol–water partition coefficient (Wildman–Crippen LogP) is 6.17. The number of nitrogens with zero attached hydrogens (tertiary/aromatic N) is 3. The summed E-state index contributed by atoms with van der Waals surface area (Å²) in [5, 5.41) is 3.31. The molecule has 0 radical (unpaired) electrons. The Kier molecular flexibility index (Phi) is 4.77. The number of rotatable bonds is 3. The van der Waals surface area contributed by atoms with Crippen LogP contribution in [0.15, 0.2) is 76.8 Å². The molecule has 0 saturated heterocycles. The van der Waals surface area contributed by atoms with E-state index in [9.17, 15) is 0 Å². The highest BCUT2D eigenvalue weighted by Gasteiger charge is 2.41. The smallest absolute Gasteiger partial charge is 0.169 e. The molecule has 1 aliphatic carbocycles. The molecular weight excluding hydrogens is 392 g/mol. The van der Waals surface area contributed by atoms with Gasteiger partial charge in [-0.05, 0) is 59.1 Å². The Morgan fingerprint density at radius 1 is 0.812 bits per heavy atom. The molecule has 3 aromatic rings. The highest BCUT2D eigenvalue weighted by molar-refractivity contribution is 6.09. The van der Waals surface area contributed by atoms with Crippen LogP contribution >= 0.6 is 0 Å². The number of pyridine rings is 1. The molecule has 1 atom stereocenters. The van der Waals surface area contributed by atoms with Crippen molar-refractivity contribution in [2.45, 2.75) is 58.0 Å². The molecular formula is C28H30N4. The molecule has 1 aromatic heterocycles. The number of hydrogen-bond donors (Lipinski definition) is 1. The number of benzene rings is 2. The van der Waals surface area contributed by atoms with Crippen LogP contribution in [-0.4, -0.2) is 16.7 Å². The Hall–Kier alpha value is -3.27. The third-order valence-electron chi connectivity index (χ3n) is 6.66. The minimum absolute atomic E-state index is 0.179. The highest BCUT2D eigenvalue weighted by Crippen LogP contribution is 2.50. The van der Waals surface area contributed by atoms with Gasteiger partial charge in [0.25, 0.3) is 0 Å². The van der Waals surface area contributed by atoms with Crippen LogP contribution in [0.2, 0.25) is 0 Å². The van der Waals surface area contributed by atoms with E-state index in [-0.39, 0.29) is 17.0 Å². The van der Waals surface area contributed by atoms with Crippen LogP contribution in [-0.2, 0) is 10.8 Å². The Morgan fingerprint density at radius 2 is 1.53 bits per heavy atom. The van der Waals surface area contributed by atoms with Gasteiger partial charge in [-0.25, -0.2) is 9.98 Å². The first-order valence-corrected chi connectivity index (χ1v) is 11.3. The molecule has 2 aliphatic rings. The maximum Gasteiger partial charge on any atom is 0.169 e. The summed E-state index contributed by atoms with van der Waals surface area (Å²) in [6.45, 7) is 11.4. The fourth-order valence-corrected chi connectivity index (χ4v) is 5.35. The standard InChI is InChI=1S/C28H30N4/c1-18-30-25(19-9-7-6-8-10-19)32-26(31-18)21-12-14-24(29-16-21)20-11-13-22-23(15-20)28(4,5)17-27(22,2)3/h6-16,25H,17H2,1-5H3,(H,30,31,32). The second-order valence-electron chi connectivity index (χ2n) is 10.2. The summed E-state index contributed by atoms with van der Waals surface area (Å²) < 4.78 is 0. The van der Waals surface area contributed by atoms with Crippen molar-refractivity contribution in [3.63, 3.8) is 0 Å². The van der Waals surface area contributed by atoms with Crippen LogP contribution in [0.4, 0.5) is 0 Å². The molecule has 0 saturated carbocycles. The minimum Gasteiger partial charge on any atom is -0.329 e. The molecule has 1 N–H and O–H groups in total. The van der Waals surface area contributed by atoms with Gasteiger partial charge in [0, 0.05) is 17.3 Å². The van der Waals surface area contributed by atoms with Gasteiger partial charge >= 0.3 is 0 Å². The molecule has 162 valence electrons. The molecule has 5 rings (SSSR count). The summed E-state index contributed by atoms with van der Waals surface area (Å²) in [6.07, 6.45) is 2.85. The average molecular weight is 423 g/mol. The lowest BCUT2D eigenvalue weighted by atomic mass is 9.82. The molecule has 2 heterocycles. The van der Waals surface area contributed by atoms with E-state index in [0.29, 0.717) is 0 Å². The second kappa shape index (κ2) is 7.40. The second-order valence-corrected chi connectivity index (χ2v) is 10.2. The van der Waals surface area contributed by atoms with E-state index >= 15 is 0 Å². The minimum atomic E-state index is -0.227. The van der Waals surface area contributed by atoms with E-state index in [2.05, 4.69) is 80.5 Å². The van der Waals surface area contributed by atoms with Crippen molar-refractivity contribution < 1.29 is 0 Å². The fraction of sp³-hybridized carbons (Fsp3) is 0.321. The number of hydrogen-bond acceptors (Lipinski definition) is 4. The lowest BCUT2D eigenvalue weighted by Gasteiger charge is -2.22. The van der Waals surface area contributed by atoms with Gasteiger partial charge in [0.2, 0.25) is 0 Å². The molecule has 0 spiro atoms. The monoisotopic (exact) mass is 422 g/mol. The van der Waals surface area contributed by atoms with Gasteiger partial charge in [0.05, 0.1) is 5.69 Å². The van der Waals surface area contributed by atoms with Gasteiger partial charge < -0.3 is 5.32 Å². The van der Waals surface area contributed by atoms with E-state index in [1.807, 2.05) is 31.3 Å². The number of fused-ring (bicyclic) bond motifs is 1. The summed E-state index contributed by atoms with van der Waals surface area (Å²) in [5.74, 6) is 1.67. The largest absolute Gasteiger partial charge is 0.329 e. The predicted molar refractivity (Wildman–Crippen MR) is 132 cm³/mol. The van der Waals surface area contributed by atoms with E-state index in [4.69, 9.17) is 9.98 Å². The van der Waals surface area contributed by atoms with Crippen LogP contribution in [0.25, 0.3) is 11.3 Å². The van der Waals surface area contributed by atoms with E-state index in [1.54, 1.807) is 0 Å². The highest BCUT2D eigenvalue weighted by atomic mass is 15.2. The van der Waals surface area contributed by atoms with Crippen LogP contribution in [0, 0.1) is 0 Å². The first kappa shape index (κ1) is 20.6. The average Bonchev–Trinajstić information content (AvgIpc) is 2.97. The van der Waals surface area contributed by atoms with Gasteiger partial charge in [-0.2, -0.15) is 0 Å². The summed E-state index contributed by atoms with van der Waals surface area (Å²) in [4.78, 5) is 14.3. The molecule has 0 fully saturated rings. The number of nitrogens with one attached hydrogen (secondary N) is 1. The van der Waals surface area contributed by atoms with Crippen LogP contribution in [0.3, 0.4) is 0 Å². The SMILES string of the molecule is CC1=NC(c2ccccc2)N=C(c2ccc(-c3ccc4c(c3)C(C)(C)CC4(C)C)nc2)N1. The summed E-state index contributed by atoms with van der Waals surface area (Å²) in [5.41, 5.74) is 7.50. The fourth-order valence-electron chi connectivity index (χ4n) is 5.35. The first-order valence-electron chi connectivity index (χ1n) is 11.3. The summed E-state index contributed by atoms with van der Waals surface area (Å²) in [6, 6.07) is 21.2. The Balaban J connectivity index is 1.45. The van der Waals surface area contributed by atoms with Crippen molar-refractivity contribution in [3.05, 3.63) is 89.1 Å². The molecule has 1 aliphatic heterocycles. The molecule has 32 heavy (non-hydrogen) atoms. The topological polar surface area (TPSA) is 49.6 Å². The lowest BCUT2D eigenvalue weighted by Crippen LogP contribution is -2.33. The van der Waals surface area contributed by atoms with E-state index < -0.39 is 0 Å². The van der Waals surface area contributed by atoms with E-state index in [0.717, 1.165) is 28.5 Å². The molecule has 4 nitrogen and oxygen atoms in total. The third kappa shape index (κ3) is 3.64. The number of aromatic nitrogens is 1. The van der Waals surface area contributed by atoms with Crippen molar-refractivity contribution in [1.82, 2.24) is 10.3 Å². The zero-order valence-electron chi connectivity index (χ0n) is 19.5. The zero-order chi connectivity index (χ0) is 22.5. The molecule has 0 amide bonds. The van der Waals surface area contributed by atoms with Crippen molar-refractivity contribution >= 4 is 11.7 Å². The first-order chi connectivity index (χ1) is 15.2. The normalized spacial score (nSPS) is 20.7. The molecule has 0 bridgehead atoms. The Morgan fingerprint density at radius 3 is 2.25 bits per heavy atom. The lowest BCUT2D eigenvalue weighted by molar-refractivity contribution is 0.403. The van der Waals surface area contributed by atoms with Crippen molar-refractivity contribution in [2.24, 2.45) is 9.98 Å². The molecule has 2 aromatic carbocycles. The van der Waals surface area contributed by atoms with Gasteiger partial charge in [-0.1, -0.05) is 70.2 Å². The third-order valence-corrected chi connectivity index (χ3v) is 6.66. The molecule has 4 heteroatoms. The Labute approximate surface area is 190 Å². The zero-order valence-corrected chi connectivity index (χ0v) is 19.5. The Bertz CT molecular complexity index is 1220. The van der Waals surface area contributed by atoms with Crippen molar-refractivity contribution in [3.8, 4) is 11.3 Å².